The first-order chi connectivity index (χ1) is 21.5. The van der Waals surface area contributed by atoms with Gasteiger partial charge in [0.05, 0.1) is 35.8 Å². The molecule has 2 unspecified atom stereocenters. The molecule has 3 fully saturated rings. The zero-order valence-electron chi connectivity index (χ0n) is 27.9. The molecule has 45 heavy (non-hydrogen) atoms. The molecule has 2 bridgehead atoms. The Kier molecular flexibility index (Phi) is 11.5. The number of aliphatic hydroxyl groups excluding tert-OH is 1. The number of aliphatic hydroxyl groups is 1. The number of fused-ring (bicyclic) bond motifs is 1. The monoisotopic (exact) mass is 639 g/mol. The number of benzene rings is 1. The molecule has 248 valence electrons. The highest BCUT2D eigenvalue weighted by Gasteiger charge is 2.78. The summed E-state index contributed by atoms with van der Waals surface area (Å²) in [4.78, 5) is 49.5. The molecule has 0 aliphatic carbocycles. The van der Waals surface area contributed by atoms with Gasteiger partial charge in [0.1, 0.15) is 11.8 Å². The quantitative estimate of drug-likeness (QED) is 0.174. The number of carbonyl (C=O) groups excluding carboxylic acids is 3. The molecular weight excluding hydrogens is 586 g/mol. The summed E-state index contributed by atoms with van der Waals surface area (Å²) in [5.74, 6) is -0.763. The van der Waals surface area contributed by atoms with Crippen LogP contribution in [0.5, 0.6) is 5.75 Å². The number of anilines is 1. The maximum atomic E-state index is 14.8. The van der Waals surface area contributed by atoms with Crippen molar-refractivity contribution >= 4 is 35.2 Å². The van der Waals surface area contributed by atoms with Crippen LogP contribution in [0.1, 0.15) is 73.1 Å². The third-order valence-corrected chi connectivity index (χ3v) is 11.8. The SMILES string of the molecule is C=CCN(CCCCC)C(=O)C1N([C@@H](CO)CC(C)C)C(=O)[C@@H]2[C@@H](C(=O)N(CC=C)c3ccc(OCC)cc3)[C@@]3(C)CCC12S3. The minimum absolute atomic E-state index is 0.0941. The van der Waals surface area contributed by atoms with E-state index in [0.29, 0.717) is 44.8 Å². The molecule has 1 N–H and O–H groups in total. The summed E-state index contributed by atoms with van der Waals surface area (Å²) in [5.41, 5.74) is 0.713. The summed E-state index contributed by atoms with van der Waals surface area (Å²) in [6.07, 6.45) is 8.32. The predicted molar refractivity (Wildman–Crippen MR) is 182 cm³/mol. The first kappa shape index (κ1) is 35.1. The Bertz CT molecular complexity index is 1240. The van der Waals surface area contributed by atoms with Gasteiger partial charge >= 0.3 is 0 Å². The van der Waals surface area contributed by atoms with Gasteiger partial charge in [-0.3, -0.25) is 14.4 Å². The molecule has 9 heteroatoms. The summed E-state index contributed by atoms with van der Waals surface area (Å²) in [5, 5.41) is 10.7. The molecule has 3 amide bonds. The molecule has 6 atom stereocenters. The van der Waals surface area contributed by atoms with Crippen LogP contribution in [-0.2, 0) is 14.4 Å². The minimum atomic E-state index is -0.754. The smallest absolute Gasteiger partial charge is 0.247 e. The fourth-order valence-electron chi connectivity index (χ4n) is 7.91. The Morgan fingerprint density at radius 3 is 2.38 bits per heavy atom. The minimum Gasteiger partial charge on any atom is -0.494 e. The summed E-state index contributed by atoms with van der Waals surface area (Å²) >= 11 is 1.67. The Morgan fingerprint density at radius 1 is 1.11 bits per heavy atom. The van der Waals surface area contributed by atoms with Gasteiger partial charge in [0.25, 0.3) is 0 Å². The van der Waals surface area contributed by atoms with Crippen LogP contribution in [0.3, 0.4) is 0 Å². The van der Waals surface area contributed by atoms with Crippen molar-refractivity contribution < 1.29 is 24.2 Å². The van der Waals surface area contributed by atoms with Crippen LogP contribution in [-0.4, -0.2) is 87.1 Å². The molecule has 3 saturated heterocycles. The second-order valence-electron chi connectivity index (χ2n) is 13.4. The lowest BCUT2D eigenvalue weighted by atomic mass is 9.66. The number of nitrogens with zero attached hydrogens (tertiary/aromatic N) is 3. The first-order valence-corrected chi connectivity index (χ1v) is 17.5. The molecule has 3 heterocycles. The van der Waals surface area contributed by atoms with Crippen molar-refractivity contribution in [1.82, 2.24) is 9.80 Å². The number of likely N-dealkylation sites (tertiary alicyclic amines) is 1. The molecular formula is C36H53N3O5S. The normalized spacial score (nSPS) is 27.4. The number of carbonyl (C=O) groups is 3. The highest BCUT2D eigenvalue weighted by atomic mass is 32.2. The molecule has 1 aromatic carbocycles. The van der Waals surface area contributed by atoms with Gasteiger partial charge in [0.2, 0.25) is 17.7 Å². The lowest BCUT2D eigenvalue weighted by Crippen LogP contribution is -2.57. The van der Waals surface area contributed by atoms with E-state index in [-0.39, 0.29) is 30.2 Å². The van der Waals surface area contributed by atoms with E-state index in [1.54, 1.807) is 33.7 Å². The average molecular weight is 640 g/mol. The molecule has 1 spiro atoms. The van der Waals surface area contributed by atoms with Crippen LogP contribution >= 0.6 is 11.8 Å². The van der Waals surface area contributed by atoms with Crippen molar-refractivity contribution in [3.05, 3.63) is 49.6 Å². The lowest BCUT2D eigenvalue weighted by Gasteiger charge is -2.40. The number of ether oxygens (including phenoxy) is 1. The van der Waals surface area contributed by atoms with E-state index in [0.717, 1.165) is 31.4 Å². The second-order valence-corrected chi connectivity index (χ2v) is 15.3. The third-order valence-electron chi connectivity index (χ3n) is 9.79. The summed E-state index contributed by atoms with van der Waals surface area (Å²) in [7, 11) is 0. The Morgan fingerprint density at radius 2 is 1.80 bits per heavy atom. The van der Waals surface area contributed by atoms with Gasteiger partial charge < -0.3 is 24.5 Å². The van der Waals surface area contributed by atoms with Crippen molar-refractivity contribution in [3.8, 4) is 5.75 Å². The molecule has 0 aromatic heterocycles. The standard InChI is InChI=1S/C36H53N3O5S/c1-8-12-13-22-37(20-9-2)34(43)31-36-19-18-35(7,45-36)29(30(36)33(42)39(31)27(24-40)23-25(5)6)32(41)38(21-10-3)26-14-16-28(17-15-26)44-11-4/h9-10,14-17,25,27,29-31,40H,2-3,8,11-13,18-24H2,1,4-7H3/t27-,29+,30+,31?,35-,36?/m1/s1. The van der Waals surface area contributed by atoms with Gasteiger partial charge in [-0.2, -0.15) is 0 Å². The third kappa shape index (κ3) is 6.57. The van der Waals surface area contributed by atoms with E-state index in [1.165, 1.54) is 0 Å². The predicted octanol–water partition coefficient (Wildman–Crippen LogP) is 5.70. The molecule has 3 aliphatic heterocycles. The van der Waals surface area contributed by atoms with Crippen LogP contribution in [0.25, 0.3) is 0 Å². The van der Waals surface area contributed by atoms with Crippen molar-refractivity contribution in [2.45, 2.75) is 94.7 Å². The number of amides is 3. The van der Waals surface area contributed by atoms with Crippen molar-refractivity contribution in [2.75, 3.05) is 37.7 Å². The number of rotatable bonds is 17. The molecule has 4 rings (SSSR count). The van der Waals surface area contributed by atoms with E-state index in [9.17, 15) is 19.5 Å². The van der Waals surface area contributed by atoms with Gasteiger partial charge in [-0.25, -0.2) is 0 Å². The maximum absolute atomic E-state index is 14.8. The highest BCUT2D eigenvalue weighted by molar-refractivity contribution is 8.02. The van der Waals surface area contributed by atoms with Gasteiger partial charge in [0.15, 0.2) is 0 Å². The molecule has 1 aromatic rings. The summed E-state index contributed by atoms with van der Waals surface area (Å²) in [6.45, 7) is 19.7. The molecule has 8 nitrogen and oxygen atoms in total. The first-order valence-electron chi connectivity index (χ1n) is 16.7. The van der Waals surface area contributed by atoms with E-state index in [4.69, 9.17) is 4.74 Å². The van der Waals surface area contributed by atoms with Crippen molar-refractivity contribution in [1.29, 1.82) is 0 Å². The number of hydrogen-bond acceptors (Lipinski definition) is 6. The Hall–Kier alpha value is -2.78. The lowest BCUT2D eigenvalue weighted by molar-refractivity contribution is -0.146. The fraction of sp³-hybridized carbons (Fsp3) is 0.639. The van der Waals surface area contributed by atoms with E-state index in [2.05, 4.69) is 40.9 Å². The van der Waals surface area contributed by atoms with Crippen LogP contribution < -0.4 is 9.64 Å². The van der Waals surface area contributed by atoms with Crippen LogP contribution in [0.4, 0.5) is 5.69 Å². The summed E-state index contributed by atoms with van der Waals surface area (Å²) < 4.78 is 4.36. The zero-order valence-corrected chi connectivity index (χ0v) is 28.7. The molecule has 0 saturated carbocycles. The van der Waals surface area contributed by atoms with Gasteiger partial charge in [-0.1, -0.05) is 45.8 Å². The number of hydrogen-bond donors (Lipinski definition) is 1. The largest absolute Gasteiger partial charge is 0.494 e. The highest BCUT2D eigenvalue weighted by Crippen LogP contribution is 2.72. The van der Waals surface area contributed by atoms with Crippen LogP contribution in [0.15, 0.2) is 49.6 Å². The van der Waals surface area contributed by atoms with Gasteiger partial charge in [-0.15, -0.1) is 24.9 Å². The van der Waals surface area contributed by atoms with Crippen LogP contribution in [0.2, 0.25) is 0 Å². The Labute approximate surface area is 274 Å². The number of unbranched alkanes of at least 4 members (excludes halogenated alkanes) is 2. The molecule has 3 aliphatic rings. The maximum Gasteiger partial charge on any atom is 0.247 e. The van der Waals surface area contributed by atoms with Crippen molar-refractivity contribution in [3.63, 3.8) is 0 Å². The topological polar surface area (TPSA) is 90.4 Å². The van der Waals surface area contributed by atoms with Crippen molar-refractivity contribution in [2.24, 2.45) is 17.8 Å². The fourth-order valence-corrected chi connectivity index (χ4v) is 10.2. The van der Waals surface area contributed by atoms with Crippen LogP contribution in [0, 0.1) is 17.8 Å². The van der Waals surface area contributed by atoms with E-state index in [1.807, 2.05) is 36.1 Å². The van der Waals surface area contributed by atoms with Gasteiger partial charge in [-0.05, 0) is 69.7 Å². The van der Waals surface area contributed by atoms with E-state index < -0.39 is 33.4 Å². The second kappa shape index (κ2) is 14.8. The van der Waals surface area contributed by atoms with Gasteiger partial charge in [0, 0.05) is 30.1 Å². The number of thioether (sulfide) groups is 1. The average Bonchev–Trinajstić information content (AvgIpc) is 3.58. The molecule has 0 radical (unpaired) electrons. The zero-order chi connectivity index (χ0) is 32.9. The Balaban J connectivity index is 1.79. The summed E-state index contributed by atoms with van der Waals surface area (Å²) in [6, 6.07) is 6.18. The van der Waals surface area contributed by atoms with E-state index >= 15 is 0 Å².